The fraction of sp³-hybridized carbons (Fsp3) is 0.667. The van der Waals surface area contributed by atoms with Gasteiger partial charge in [-0.25, -0.2) is 4.79 Å². The molecule has 1 fully saturated rings. The highest BCUT2D eigenvalue weighted by Crippen LogP contribution is 2.25. The van der Waals surface area contributed by atoms with Crippen LogP contribution < -0.4 is 0 Å². The van der Waals surface area contributed by atoms with E-state index in [2.05, 4.69) is 17.0 Å². The number of amides is 2. The minimum Gasteiger partial charge on any atom is -0.469 e. The van der Waals surface area contributed by atoms with E-state index in [-0.39, 0.29) is 30.4 Å². The second kappa shape index (κ2) is 12.4. The van der Waals surface area contributed by atoms with Crippen molar-refractivity contribution in [2.75, 3.05) is 39.8 Å². The van der Waals surface area contributed by atoms with Gasteiger partial charge < -0.3 is 19.3 Å². The van der Waals surface area contributed by atoms with Crippen LogP contribution in [0.15, 0.2) is 30.3 Å². The molecule has 1 atom stereocenters. The lowest BCUT2D eigenvalue weighted by Gasteiger charge is -2.43. The van der Waals surface area contributed by atoms with Gasteiger partial charge in [-0.15, -0.1) is 0 Å². The maximum absolute atomic E-state index is 13.1. The van der Waals surface area contributed by atoms with Crippen molar-refractivity contribution in [2.24, 2.45) is 5.41 Å². The Hall–Kier alpha value is -2.61. The molecule has 1 aliphatic heterocycles. The molecule has 1 heterocycles. The molecule has 2 amide bonds. The quantitative estimate of drug-likeness (QED) is 0.489. The number of esters is 1. The Kier molecular flexibility index (Phi) is 10.1. The van der Waals surface area contributed by atoms with Gasteiger partial charge in [0.2, 0.25) is 5.91 Å². The van der Waals surface area contributed by atoms with E-state index in [0.29, 0.717) is 32.6 Å². The van der Waals surface area contributed by atoms with E-state index in [9.17, 15) is 14.4 Å². The molecule has 196 valence electrons. The van der Waals surface area contributed by atoms with Gasteiger partial charge in [-0.2, -0.15) is 0 Å². The average Bonchev–Trinajstić information content (AvgIpc) is 2.80. The summed E-state index contributed by atoms with van der Waals surface area (Å²) >= 11 is 0. The summed E-state index contributed by atoms with van der Waals surface area (Å²) in [7, 11) is 1.36. The van der Waals surface area contributed by atoms with Crippen LogP contribution in [0, 0.1) is 5.41 Å². The molecule has 35 heavy (non-hydrogen) atoms. The van der Waals surface area contributed by atoms with E-state index >= 15 is 0 Å². The summed E-state index contributed by atoms with van der Waals surface area (Å²) < 4.78 is 10.6. The summed E-state index contributed by atoms with van der Waals surface area (Å²) in [4.78, 5) is 44.0. The van der Waals surface area contributed by atoms with Crippen molar-refractivity contribution in [3.63, 3.8) is 0 Å². The van der Waals surface area contributed by atoms with Gasteiger partial charge in [-0.05, 0) is 53.5 Å². The first-order valence-corrected chi connectivity index (χ1v) is 12.5. The molecule has 0 saturated carbocycles. The van der Waals surface area contributed by atoms with Crippen LogP contribution in [0.3, 0.4) is 0 Å². The van der Waals surface area contributed by atoms with Crippen molar-refractivity contribution in [3.05, 3.63) is 35.9 Å². The molecule has 0 spiro atoms. The number of methoxy groups -OCH3 is 1. The Bertz CT molecular complexity index is 850. The average molecular weight is 490 g/mol. The highest BCUT2D eigenvalue weighted by Gasteiger charge is 2.36. The second-order valence-electron chi connectivity index (χ2n) is 10.9. The minimum absolute atomic E-state index is 0.0335. The second-order valence-corrected chi connectivity index (χ2v) is 10.9. The monoisotopic (exact) mass is 489 g/mol. The SMILES string of the molecule is CCN(C[C@@H]1CN(Cc2ccccc2)CCN1C(=O)OC(C)(C)C)C(=O)CCC(C)(C)C(=O)OC. The van der Waals surface area contributed by atoms with Crippen LogP contribution >= 0.6 is 0 Å². The molecular weight excluding hydrogens is 446 g/mol. The largest absolute Gasteiger partial charge is 0.469 e. The number of ether oxygens (including phenoxy) is 2. The van der Waals surface area contributed by atoms with E-state index in [4.69, 9.17) is 9.47 Å². The molecule has 0 aliphatic carbocycles. The van der Waals surface area contributed by atoms with Gasteiger partial charge in [0.1, 0.15) is 5.60 Å². The number of carbonyl (C=O) groups excluding carboxylic acids is 3. The van der Waals surface area contributed by atoms with E-state index in [1.807, 2.05) is 45.9 Å². The molecular formula is C27H43N3O5. The zero-order chi connectivity index (χ0) is 26.2. The lowest BCUT2D eigenvalue weighted by molar-refractivity contribution is -0.151. The zero-order valence-electron chi connectivity index (χ0n) is 22.5. The number of benzene rings is 1. The van der Waals surface area contributed by atoms with E-state index in [0.717, 1.165) is 13.1 Å². The third-order valence-electron chi connectivity index (χ3n) is 6.31. The first kappa shape index (κ1) is 28.6. The first-order chi connectivity index (χ1) is 16.4. The van der Waals surface area contributed by atoms with Crippen LogP contribution in [0.1, 0.15) is 59.9 Å². The molecule has 2 rings (SSSR count). The van der Waals surface area contributed by atoms with Gasteiger partial charge in [0.05, 0.1) is 18.6 Å². The Morgan fingerprint density at radius 2 is 1.71 bits per heavy atom. The van der Waals surface area contributed by atoms with Crippen molar-refractivity contribution in [1.29, 1.82) is 0 Å². The third kappa shape index (κ3) is 8.84. The number of hydrogen-bond donors (Lipinski definition) is 0. The van der Waals surface area contributed by atoms with Crippen LogP contribution in [-0.2, 0) is 25.6 Å². The Morgan fingerprint density at radius 3 is 2.29 bits per heavy atom. The molecule has 1 saturated heterocycles. The number of likely N-dealkylation sites (N-methyl/N-ethyl adjacent to an activating group) is 1. The number of carbonyl (C=O) groups is 3. The van der Waals surface area contributed by atoms with Crippen molar-refractivity contribution < 1.29 is 23.9 Å². The van der Waals surface area contributed by atoms with Gasteiger partial charge in [-0.3, -0.25) is 14.5 Å². The van der Waals surface area contributed by atoms with Crippen LogP contribution in [0.2, 0.25) is 0 Å². The normalized spacial score (nSPS) is 17.1. The fourth-order valence-corrected chi connectivity index (χ4v) is 4.24. The smallest absolute Gasteiger partial charge is 0.410 e. The molecule has 0 aromatic heterocycles. The van der Waals surface area contributed by atoms with E-state index < -0.39 is 11.0 Å². The lowest BCUT2D eigenvalue weighted by atomic mass is 9.87. The van der Waals surface area contributed by atoms with Crippen molar-refractivity contribution in [1.82, 2.24) is 14.7 Å². The lowest BCUT2D eigenvalue weighted by Crippen LogP contribution is -2.59. The molecule has 0 radical (unpaired) electrons. The zero-order valence-corrected chi connectivity index (χ0v) is 22.5. The molecule has 1 aliphatic rings. The summed E-state index contributed by atoms with van der Waals surface area (Å²) in [6.45, 7) is 14.7. The molecule has 1 aromatic rings. The number of nitrogens with zero attached hydrogens (tertiary/aromatic N) is 3. The van der Waals surface area contributed by atoms with Gasteiger partial charge >= 0.3 is 12.1 Å². The summed E-state index contributed by atoms with van der Waals surface area (Å²) in [6, 6.07) is 10.0. The first-order valence-electron chi connectivity index (χ1n) is 12.5. The minimum atomic E-state index is -0.732. The molecule has 0 bridgehead atoms. The number of hydrogen-bond acceptors (Lipinski definition) is 6. The topological polar surface area (TPSA) is 79.4 Å². The number of piperazine rings is 1. The van der Waals surface area contributed by atoms with Gasteiger partial charge in [0.25, 0.3) is 0 Å². The summed E-state index contributed by atoms with van der Waals surface area (Å²) in [5.41, 5.74) is -0.114. The summed E-state index contributed by atoms with van der Waals surface area (Å²) in [5.74, 6) is -0.359. The molecule has 0 N–H and O–H groups in total. The Balaban J connectivity index is 2.13. The van der Waals surface area contributed by atoms with Gasteiger partial charge in [0.15, 0.2) is 0 Å². The van der Waals surface area contributed by atoms with Crippen molar-refractivity contribution >= 4 is 18.0 Å². The summed E-state index contributed by atoms with van der Waals surface area (Å²) in [6.07, 6.45) is 0.287. The van der Waals surface area contributed by atoms with Crippen molar-refractivity contribution in [3.8, 4) is 0 Å². The predicted molar refractivity (Wildman–Crippen MR) is 136 cm³/mol. The highest BCUT2D eigenvalue weighted by atomic mass is 16.6. The predicted octanol–water partition coefficient (Wildman–Crippen LogP) is 3.94. The Labute approximate surface area is 210 Å². The van der Waals surface area contributed by atoms with Crippen LogP contribution in [-0.4, -0.2) is 84.1 Å². The highest BCUT2D eigenvalue weighted by molar-refractivity contribution is 5.79. The third-order valence-corrected chi connectivity index (χ3v) is 6.31. The number of rotatable bonds is 9. The van der Waals surface area contributed by atoms with Crippen molar-refractivity contribution in [2.45, 2.75) is 72.6 Å². The van der Waals surface area contributed by atoms with Gasteiger partial charge in [-0.1, -0.05) is 30.3 Å². The van der Waals surface area contributed by atoms with Crippen LogP contribution in [0.25, 0.3) is 0 Å². The van der Waals surface area contributed by atoms with E-state index in [1.54, 1.807) is 23.6 Å². The maximum Gasteiger partial charge on any atom is 0.410 e. The fourth-order valence-electron chi connectivity index (χ4n) is 4.24. The molecule has 1 aromatic carbocycles. The van der Waals surface area contributed by atoms with E-state index in [1.165, 1.54) is 12.7 Å². The molecule has 8 nitrogen and oxygen atoms in total. The standard InChI is InChI=1S/C27H43N3O5/c1-8-29(23(31)14-15-27(5,6)24(32)34-7)20-22-19-28(18-21-12-10-9-11-13-21)16-17-30(22)25(33)35-26(2,3)4/h9-13,22H,8,14-20H2,1-7H3/t22-/m0/s1. The van der Waals surface area contributed by atoms with Crippen LogP contribution in [0.4, 0.5) is 4.79 Å². The van der Waals surface area contributed by atoms with Gasteiger partial charge in [0, 0.05) is 45.7 Å². The molecule has 0 unspecified atom stereocenters. The molecule has 8 heteroatoms. The summed E-state index contributed by atoms with van der Waals surface area (Å²) in [5, 5.41) is 0. The Morgan fingerprint density at radius 1 is 1.06 bits per heavy atom. The van der Waals surface area contributed by atoms with Crippen LogP contribution in [0.5, 0.6) is 0 Å². The maximum atomic E-state index is 13.1.